The lowest BCUT2D eigenvalue weighted by Crippen LogP contribution is -2.31. The molecule has 27 heavy (non-hydrogen) atoms. The van der Waals surface area contributed by atoms with Crippen LogP contribution in [-0.2, 0) is 4.74 Å². The van der Waals surface area contributed by atoms with Gasteiger partial charge in [0.2, 0.25) is 0 Å². The van der Waals surface area contributed by atoms with E-state index in [1.807, 2.05) is 0 Å². The molecule has 0 atom stereocenters. The molecule has 140 valence electrons. The van der Waals surface area contributed by atoms with E-state index in [-0.39, 0.29) is 28.9 Å². The topological polar surface area (TPSA) is 75.7 Å². The highest BCUT2D eigenvalue weighted by molar-refractivity contribution is 6.22. The number of carbonyl (C=O) groups is 3. The zero-order valence-electron chi connectivity index (χ0n) is 14.4. The van der Waals surface area contributed by atoms with Crippen LogP contribution in [0.15, 0.2) is 36.4 Å². The number of fused-ring (bicyclic) bond motifs is 1. The maximum atomic E-state index is 13.7. The summed E-state index contributed by atoms with van der Waals surface area (Å²) in [5.74, 6) is -3.15. The monoisotopic (exact) mass is 374 g/mol. The van der Waals surface area contributed by atoms with Crippen LogP contribution in [-0.4, -0.2) is 42.9 Å². The van der Waals surface area contributed by atoms with Gasteiger partial charge in [0.05, 0.1) is 16.8 Å². The standard InChI is InChI=1S/C19H16F2N2O4/c1-27-8-2-7-23-18(25)13-5-3-11(9-14(13)19(23)26)17(24)22-16-10-12(20)4-6-15(16)21/h3-6,9-10H,2,7-8H2,1H3,(H,22,24). The summed E-state index contributed by atoms with van der Waals surface area (Å²) < 4.78 is 31.8. The largest absolute Gasteiger partial charge is 0.385 e. The summed E-state index contributed by atoms with van der Waals surface area (Å²) in [6, 6.07) is 6.69. The average Bonchev–Trinajstić information content (AvgIpc) is 2.89. The Labute approximate surface area is 153 Å². The SMILES string of the molecule is COCCCN1C(=O)c2ccc(C(=O)Nc3cc(F)ccc3F)cc2C1=O. The molecule has 0 aromatic heterocycles. The molecule has 0 saturated heterocycles. The molecule has 8 heteroatoms. The zero-order chi connectivity index (χ0) is 19.6. The fraction of sp³-hybridized carbons (Fsp3) is 0.211. The van der Waals surface area contributed by atoms with Gasteiger partial charge < -0.3 is 10.1 Å². The number of halogens is 2. The van der Waals surface area contributed by atoms with Gasteiger partial charge in [-0.1, -0.05) is 0 Å². The molecule has 0 saturated carbocycles. The minimum absolute atomic E-state index is 0.0531. The molecule has 0 fully saturated rings. The number of methoxy groups -OCH3 is 1. The minimum atomic E-state index is -0.790. The third kappa shape index (κ3) is 3.70. The molecule has 3 rings (SSSR count). The van der Waals surface area contributed by atoms with Crippen LogP contribution in [0.3, 0.4) is 0 Å². The van der Waals surface area contributed by atoms with Gasteiger partial charge in [0.15, 0.2) is 0 Å². The quantitative estimate of drug-likeness (QED) is 0.623. The molecule has 1 heterocycles. The third-order valence-corrected chi connectivity index (χ3v) is 4.14. The molecule has 0 spiro atoms. The first-order chi connectivity index (χ1) is 12.9. The third-order valence-electron chi connectivity index (χ3n) is 4.14. The Hall–Kier alpha value is -3.13. The number of carbonyl (C=O) groups excluding carboxylic acids is 3. The number of nitrogens with one attached hydrogen (secondary N) is 1. The van der Waals surface area contributed by atoms with Crippen molar-refractivity contribution in [2.45, 2.75) is 6.42 Å². The Balaban J connectivity index is 1.81. The first-order valence-electron chi connectivity index (χ1n) is 8.18. The highest BCUT2D eigenvalue weighted by Gasteiger charge is 2.35. The number of hydrogen-bond donors (Lipinski definition) is 1. The maximum Gasteiger partial charge on any atom is 0.261 e. The van der Waals surface area contributed by atoms with Gasteiger partial charge in [-0.15, -0.1) is 0 Å². The van der Waals surface area contributed by atoms with E-state index in [9.17, 15) is 23.2 Å². The van der Waals surface area contributed by atoms with Crippen molar-refractivity contribution in [1.82, 2.24) is 4.90 Å². The van der Waals surface area contributed by atoms with Gasteiger partial charge in [0, 0.05) is 31.9 Å². The first kappa shape index (κ1) is 18.7. The van der Waals surface area contributed by atoms with Crippen molar-refractivity contribution in [3.8, 4) is 0 Å². The Morgan fingerprint density at radius 1 is 1.07 bits per heavy atom. The smallest absolute Gasteiger partial charge is 0.261 e. The molecule has 1 aliphatic rings. The van der Waals surface area contributed by atoms with E-state index >= 15 is 0 Å². The van der Waals surface area contributed by atoms with Crippen LogP contribution >= 0.6 is 0 Å². The lowest BCUT2D eigenvalue weighted by molar-refractivity contribution is 0.0638. The van der Waals surface area contributed by atoms with Crippen LogP contribution in [0.25, 0.3) is 0 Å². The first-order valence-corrected chi connectivity index (χ1v) is 8.18. The molecule has 1 aliphatic heterocycles. The van der Waals surface area contributed by atoms with Crippen LogP contribution in [0, 0.1) is 11.6 Å². The average molecular weight is 374 g/mol. The van der Waals surface area contributed by atoms with Crippen molar-refractivity contribution in [3.05, 3.63) is 64.7 Å². The molecule has 3 amide bonds. The summed E-state index contributed by atoms with van der Waals surface area (Å²) >= 11 is 0. The van der Waals surface area contributed by atoms with Gasteiger partial charge in [-0.25, -0.2) is 8.78 Å². The highest BCUT2D eigenvalue weighted by Crippen LogP contribution is 2.25. The molecule has 0 unspecified atom stereocenters. The summed E-state index contributed by atoms with van der Waals surface area (Å²) in [5.41, 5.74) is 0.0390. The number of amides is 3. The van der Waals surface area contributed by atoms with Crippen LogP contribution in [0.1, 0.15) is 37.5 Å². The second kappa shape index (κ2) is 7.63. The lowest BCUT2D eigenvalue weighted by atomic mass is 10.1. The van der Waals surface area contributed by atoms with E-state index in [0.29, 0.717) is 13.0 Å². The van der Waals surface area contributed by atoms with Gasteiger partial charge >= 0.3 is 0 Å². The van der Waals surface area contributed by atoms with E-state index in [4.69, 9.17) is 4.74 Å². The predicted octanol–water partition coefficient (Wildman–Crippen LogP) is 2.85. The van der Waals surface area contributed by atoms with Crippen LogP contribution in [0.4, 0.5) is 14.5 Å². The molecule has 0 radical (unpaired) electrons. The van der Waals surface area contributed by atoms with Crippen molar-refractivity contribution in [3.63, 3.8) is 0 Å². The summed E-state index contributed by atoms with van der Waals surface area (Å²) in [4.78, 5) is 38.2. The summed E-state index contributed by atoms with van der Waals surface area (Å²) in [6.45, 7) is 0.608. The number of nitrogens with zero attached hydrogens (tertiary/aromatic N) is 1. The molecule has 1 N–H and O–H groups in total. The Morgan fingerprint density at radius 2 is 1.81 bits per heavy atom. The minimum Gasteiger partial charge on any atom is -0.385 e. The summed E-state index contributed by atoms with van der Waals surface area (Å²) in [5, 5.41) is 2.26. The maximum absolute atomic E-state index is 13.7. The summed E-state index contributed by atoms with van der Waals surface area (Å²) in [6.07, 6.45) is 0.494. The van der Waals surface area contributed by atoms with Crippen LogP contribution < -0.4 is 5.32 Å². The Bertz CT molecular complexity index is 930. The van der Waals surface area contributed by atoms with E-state index in [2.05, 4.69) is 5.32 Å². The fourth-order valence-electron chi connectivity index (χ4n) is 2.79. The van der Waals surface area contributed by atoms with E-state index in [1.54, 1.807) is 0 Å². The lowest BCUT2D eigenvalue weighted by Gasteiger charge is -2.12. The fourth-order valence-corrected chi connectivity index (χ4v) is 2.79. The number of imide groups is 1. The zero-order valence-corrected chi connectivity index (χ0v) is 14.4. The van der Waals surface area contributed by atoms with Crippen molar-refractivity contribution in [1.29, 1.82) is 0 Å². The van der Waals surface area contributed by atoms with Gasteiger partial charge in [0.1, 0.15) is 11.6 Å². The van der Waals surface area contributed by atoms with Gasteiger partial charge in [0.25, 0.3) is 17.7 Å². The highest BCUT2D eigenvalue weighted by atomic mass is 19.1. The second-order valence-electron chi connectivity index (χ2n) is 5.95. The Kier molecular flexibility index (Phi) is 5.27. The molecule has 2 aromatic rings. The van der Waals surface area contributed by atoms with E-state index in [0.717, 1.165) is 23.1 Å². The van der Waals surface area contributed by atoms with Gasteiger partial charge in [-0.2, -0.15) is 0 Å². The van der Waals surface area contributed by atoms with Crippen molar-refractivity contribution >= 4 is 23.4 Å². The van der Waals surface area contributed by atoms with Crippen molar-refractivity contribution in [2.24, 2.45) is 0 Å². The van der Waals surface area contributed by atoms with Crippen molar-refractivity contribution < 1.29 is 27.9 Å². The summed E-state index contributed by atoms with van der Waals surface area (Å²) in [7, 11) is 1.52. The molecule has 6 nitrogen and oxygen atoms in total. The van der Waals surface area contributed by atoms with Crippen molar-refractivity contribution in [2.75, 3.05) is 25.6 Å². The number of ether oxygens (including phenoxy) is 1. The van der Waals surface area contributed by atoms with Gasteiger partial charge in [-0.3, -0.25) is 19.3 Å². The molecule has 0 aliphatic carbocycles. The number of anilines is 1. The second-order valence-corrected chi connectivity index (χ2v) is 5.95. The van der Waals surface area contributed by atoms with E-state index in [1.165, 1.54) is 25.3 Å². The molecule has 0 bridgehead atoms. The van der Waals surface area contributed by atoms with E-state index < -0.39 is 29.4 Å². The molecular weight excluding hydrogens is 358 g/mol. The number of hydrogen-bond acceptors (Lipinski definition) is 4. The number of rotatable bonds is 6. The van der Waals surface area contributed by atoms with Gasteiger partial charge in [-0.05, 0) is 36.8 Å². The van der Waals surface area contributed by atoms with Crippen LogP contribution in [0.2, 0.25) is 0 Å². The molecular formula is C19H16F2N2O4. The Morgan fingerprint density at radius 3 is 2.56 bits per heavy atom. The molecule has 2 aromatic carbocycles. The predicted molar refractivity (Wildman–Crippen MR) is 92.6 cm³/mol. The van der Waals surface area contributed by atoms with Crippen LogP contribution in [0.5, 0.6) is 0 Å². The normalized spacial score (nSPS) is 13.1. The number of benzene rings is 2.